The zero-order chi connectivity index (χ0) is 13.7. The molecule has 0 fully saturated rings. The highest BCUT2D eigenvalue weighted by atomic mass is 79.9. The van der Waals surface area contributed by atoms with Crippen molar-refractivity contribution in [2.45, 2.75) is 32.6 Å². The lowest BCUT2D eigenvalue weighted by molar-refractivity contribution is 0.730. The summed E-state index contributed by atoms with van der Waals surface area (Å²) in [7, 11) is 0. The molecule has 100 valence electrons. The van der Waals surface area contributed by atoms with Gasteiger partial charge in [-0.25, -0.2) is 4.98 Å². The van der Waals surface area contributed by atoms with E-state index in [1.165, 1.54) is 19.3 Å². The van der Waals surface area contributed by atoms with E-state index in [9.17, 15) is 4.79 Å². The molecular formula is C15H17BrN2O. The van der Waals surface area contributed by atoms with Crippen LogP contribution in [0.15, 0.2) is 39.7 Å². The van der Waals surface area contributed by atoms with Crippen LogP contribution >= 0.6 is 15.9 Å². The Morgan fingerprint density at radius 1 is 1.37 bits per heavy atom. The molecule has 0 saturated carbocycles. The molecule has 3 nitrogen and oxygen atoms in total. The maximum Gasteiger partial charge on any atom is 0.272 e. The molecule has 0 spiro atoms. The van der Waals surface area contributed by atoms with Gasteiger partial charge in [0.1, 0.15) is 10.1 Å². The van der Waals surface area contributed by atoms with Gasteiger partial charge in [0.25, 0.3) is 5.56 Å². The quantitative estimate of drug-likeness (QED) is 0.779. The molecular weight excluding hydrogens is 304 g/mol. The Morgan fingerprint density at radius 3 is 3.00 bits per heavy atom. The summed E-state index contributed by atoms with van der Waals surface area (Å²) in [6, 6.07) is 5.54. The van der Waals surface area contributed by atoms with E-state index in [2.05, 4.69) is 33.9 Å². The van der Waals surface area contributed by atoms with Gasteiger partial charge in [0, 0.05) is 6.20 Å². The summed E-state index contributed by atoms with van der Waals surface area (Å²) >= 11 is 3.34. The summed E-state index contributed by atoms with van der Waals surface area (Å²) in [5.74, 6) is 0. The van der Waals surface area contributed by atoms with Gasteiger partial charge < -0.3 is 0 Å². The predicted molar refractivity (Wildman–Crippen MR) is 82.3 cm³/mol. The molecule has 0 atom stereocenters. The monoisotopic (exact) mass is 320 g/mol. The smallest absolute Gasteiger partial charge is 0.268 e. The first-order chi connectivity index (χ1) is 9.24. The van der Waals surface area contributed by atoms with Crippen LogP contribution in [-0.2, 0) is 0 Å². The van der Waals surface area contributed by atoms with Gasteiger partial charge in [-0.15, -0.1) is 0 Å². The van der Waals surface area contributed by atoms with Crippen LogP contribution in [0.3, 0.4) is 0 Å². The van der Waals surface area contributed by atoms with Gasteiger partial charge in [-0.05, 0) is 47.0 Å². The van der Waals surface area contributed by atoms with Gasteiger partial charge in [-0.2, -0.15) is 0 Å². The molecule has 0 radical (unpaired) electrons. The molecule has 0 amide bonds. The standard InChI is InChI=1S/C15H17BrN2O/c1-2-3-4-5-6-9-12-14(16)15(19)18-11-8-7-10-13(18)17-12/h6-11H,2-5H2,1H3. The molecule has 2 heterocycles. The molecule has 2 rings (SSSR count). The van der Waals surface area contributed by atoms with Crippen LogP contribution in [-0.4, -0.2) is 9.38 Å². The summed E-state index contributed by atoms with van der Waals surface area (Å²) in [6.45, 7) is 2.19. The Hall–Kier alpha value is -1.42. The number of fused-ring (bicyclic) bond motifs is 1. The summed E-state index contributed by atoms with van der Waals surface area (Å²) < 4.78 is 2.06. The van der Waals surface area contributed by atoms with Gasteiger partial charge in [0.2, 0.25) is 0 Å². The molecule has 2 aromatic rings. The van der Waals surface area contributed by atoms with Gasteiger partial charge in [0.15, 0.2) is 0 Å². The fourth-order valence-electron chi connectivity index (χ4n) is 1.90. The molecule has 0 saturated heterocycles. The topological polar surface area (TPSA) is 34.4 Å². The van der Waals surface area contributed by atoms with Crippen LogP contribution in [0.4, 0.5) is 0 Å². The van der Waals surface area contributed by atoms with E-state index >= 15 is 0 Å². The molecule has 0 aliphatic carbocycles. The van der Waals surface area contributed by atoms with Crippen molar-refractivity contribution < 1.29 is 0 Å². The first-order valence-corrected chi connectivity index (χ1v) is 7.36. The van der Waals surface area contributed by atoms with Gasteiger partial charge >= 0.3 is 0 Å². The largest absolute Gasteiger partial charge is 0.272 e. The van der Waals surface area contributed by atoms with Crippen molar-refractivity contribution in [3.8, 4) is 0 Å². The number of hydrogen-bond acceptors (Lipinski definition) is 2. The summed E-state index contributed by atoms with van der Waals surface area (Å²) in [5, 5.41) is 0. The summed E-state index contributed by atoms with van der Waals surface area (Å²) in [4.78, 5) is 16.6. The number of halogens is 1. The normalized spacial score (nSPS) is 11.5. The van der Waals surface area contributed by atoms with Crippen LogP contribution in [0, 0.1) is 0 Å². The highest BCUT2D eigenvalue weighted by Crippen LogP contribution is 2.13. The Labute approximate surface area is 121 Å². The average molecular weight is 321 g/mol. The van der Waals surface area contributed by atoms with Crippen molar-refractivity contribution in [2.75, 3.05) is 0 Å². The predicted octanol–water partition coefficient (Wildman–Crippen LogP) is 4.05. The summed E-state index contributed by atoms with van der Waals surface area (Å²) in [6.07, 6.45) is 10.4. The van der Waals surface area contributed by atoms with Crippen molar-refractivity contribution >= 4 is 27.7 Å². The van der Waals surface area contributed by atoms with Crippen LogP contribution in [0.2, 0.25) is 0 Å². The second-order valence-electron chi connectivity index (χ2n) is 4.44. The number of hydrogen-bond donors (Lipinski definition) is 0. The molecule has 0 aliphatic heterocycles. The van der Waals surface area contributed by atoms with Crippen molar-refractivity contribution in [3.05, 3.63) is 51.0 Å². The molecule has 0 unspecified atom stereocenters. The van der Waals surface area contributed by atoms with Crippen molar-refractivity contribution in [2.24, 2.45) is 0 Å². The minimum atomic E-state index is -0.0705. The number of pyridine rings is 1. The van der Waals surface area contributed by atoms with E-state index in [1.54, 1.807) is 10.6 Å². The molecule has 0 aromatic carbocycles. The van der Waals surface area contributed by atoms with Gasteiger partial charge in [-0.3, -0.25) is 9.20 Å². The average Bonchev–Trinajstić information content (AvgIpc) is 2.44. The third-order valence-corrected chi connectivity index (χ3v) is 3.70. The van der Waals surface area contributed by atoms with Crippen LogP contribution in [0.25, 0.3) is 11.7 Å². The first-order valence-electron chi connectivity index (χ1n) is 6.57. The van der Waals surface area contributed by atoms with E-state index in [-0.39, 0.29) is 5.56 Å². The van der Waals surface area contributed by atoms with E-state index in [1.807, 2.05) is 24.3 Å². The molecule has 0 N–H and O–H groups in total. The Kier molecular flexibility index (Phi) is 4.91. The zero-order valence-corrected chi connectivity index (χ0v) is 12.6. The Balaban J connectivity index is 2.29. The molecule has 2 aromatic heterocycles. The third kappa shape index (κ3) is 3.32. The molecule has 0 aliphatic rings. The Morgan fingerprint density at radius 2 is 2.21 bits per heavy atom. The Bertz CT molecular complexity index is 646. The summed E-state index contributed by atoms with van der Waals surface area (Å²) in [5.41, 5.74) is 1.30. The highest BCUT2D eigenvalue weighted by Gasteiger charge is 2.06. The maximum absolute atomic E-state index is 12.1. The number of nitrogens with zero attached hydrogens (tertiary/aromatic N) is 2. The SMILES string of the molecule is CCCCCC=Cc1nc2ccccn2c(=O)c1Br. The fourth-order valence-corrected chi connectivity index (χ4v) is 2.31. The second kappa shape index (κ2) is 6.66. The molecule has 19 heavy (non-hydrogen) atoms. The van der Waals surface area contributed by atoms with Crippen molar-refractivity contribution in [1.29, 1.82) is 0 Å². The number of rotatable bonds is 5. The van der Waals surface area contributed by atoms with E-state index in [4.69, 9.17) is 0 Å². The first kappa shape index (κ1) is 14.0. The molecule has 0 bridgehead atoms. The lowest BCUT2D eigenvalue weighted by atomic mass is 10.2. The van der Waals surface area contributed by atoms with E-state index in [0.29, 0.717) is 15.8 Å². The van der Waals surface area contributed by atoms with E-state index < -0.39 is 0 Å². The van der Waals surface area contributed by atoms with Gasteiger partial charge in [0.05, 0.1) is 5.69 Å². The third-order valence-electron chi connectivity index (χ3n) is 2.95. The van der Waals surface area contributed by atoms with Crippen LogP contribution < -0.4 is 5.56 Å². The lowest BCUT2D eigenvalue weighted by Gasteiger charge is -2.03. The lowest BCUT2D eigenvalue weighted by Crippen LogP contribution is -2.16. The van der Waals surface area contributed by atoms with Crippen molar-refractivity contribution in [1.82, 2.24) is 9.38 Å². The van der Waals surface area contributed by atoms with Crippen molar-refractivity contribution in [3.63, 3.8) is 0 Å². The number of aromatic nitrogens is 2. The minimum Gasteiger partial charge on any atom is -0.268 e. The van der Waals surface area contributed by atoms with Gasteiger partial charge in [-0.1, -0.05) is 31.9 Å². The molecule has 4 heteroatoms. The number of allylic oxidation sites excluding steroid dienone is 1. The highest BCUT2D eigenvalue weighted by molar-refractivity contribution is 9.10. The fraction of sp³-hybridized carbons (Fsp3) is 0.333. The maximum atomic E-state index is 12.1. The zero-order valence-electron chi connectivity index (χ0n) is 11.0. The minimum absolute atomic E-state index is 0.0705. The van der Waals surface area contributed by atoms with E-state index in [0.717, 1.165) is 6.42 Å². The van der Waals surface area contributed by atoms with Crippen LogP contribution in [0.5, 0.6) is 0 Å². The number of unbranched alkanes of at least 4 members (excludes halogenated alkanes) is 3. The second-order valence-corrected chi connectivity index (χ2v) is 5.24. The van der Waals surface area contributed by atoms with Crippen LogP contribution in [0.1, 0.15) is 38.3 Å².